The summed E-state index contributed by atoms with van der Waals surface area (Å²) in [5.41, 5.74) is -1.17. The van der Waals surface area contributed by atoms with Gasteiger partial charge in [0, 0.05) is 35.1 Å². The molecule has 2 amide bonds. The highest BCUT2D eigenvalue weighted by Crippen LogP contribution is 2.46. The molecule has 4 rings (SSSR count). The number of para-hydroxylation sites is 2. The number of benzene rings is 2. The minimum absolute atomic E-state index is 0.131. The summed E-state index contributed by atoms with van der Waals surface area (Å²) in [4.78, 5) is 51.0. The molecule has 2 aromatic rings. The largest absolute Gasteiger partial charge is 0.466 e. The van der Waals surface area contributed by atoms with E-state index < -0.39 is 47.8 Å². The highest BCUT2D eigenvalue weighted by molar-refractivity contribution is 6.11. The van der Waals surface area contributed by atoms with Crippen molar-refractivity contribution in [3.8, 4) is 0 Å². The van der Waals surface area contributed by atoms with Gasteiger partial charge in [-0.2, -0.15) is 0 Å². The number of ether oxygens (including phenoxy) is 2. The number of hydrogen-bond donors (Lipinski definition) is 3. The van der Waals surface area contributed by atoms with Crippen LogP contribution in [-0.2, 0) is 39.9 Å². The Bertz CT molecular complexity index is 1250. The molecule has 0 spiro atoms. The van der Waals surface area contributed by atoms with E-state index in [4.69, 9.17) is 0 Å². The number of nitrogens with zero attached hydrogens (tertiary/aromatic N) is 2. The number of hydrogen-bond acceptors (Lipinski definition) is 9. The molecular formula is C26H25N3O8. The molecule has 2 unspecified atom stereocenters. The lowest BCUT2D eigenvalue weighted by atomic mass is 9.89. The number of methoxy groups -OCH3 is 2. The Labute approximate surface area is 212 Å². The first-order valence-corrected chi connectivity index (χ1v) is 11.1. The summed E-state index contributed by atoms with van der Waals surface area (Å²) in [6, 6.07) is 12.6. The molecule has 37 heavy (non-hydrogen) atoms. The number of rotatable bonds is 8. The molecule has 2 aliphatic heterocycles. The fourth-order valence-corrected chi connectivity index (χ4v) is 4.55. The summed E-state index contributed by atoms with van der Waals surface area (Å²) >= 11 is 0. The summed E-state index contributed by atoms with van der Waals surface area (Å²) in [5.74, 6) is -3.36. The maximum absolute atomic E-state index is 13.5. The van der Waals surface area contributed by atoms with E-state index in [9.17, 15) is 29.4 Å². The van der Waals surface area contributed by atoms with Crippen LogP contribution in [0.5, 0.6) is 0 Å². The molecule has 0 saturated heterocycles. The van der Waals surface area contributed by atoms with Crippen molar-refractivity contribution in [1.82, 2.24) is 5.53 Å². The minimum atomic E-state index is -2.19. The molecule has 11 nitrogen and oxygen atoms in total. The van der Waals surface area contributed by atoms with E-state index in [-0.39, 0.29) is 33.6 Å². The Morgan fingerprint density at radius 3 is 1.49 bits per heavy atom. The minimum Gasteiger partial charge on any atom is -0.466 e. The second-order valence-electron chi connectivity index (χ2n) is 8.68. The highest BCUT2D eigenvalue weighted by atomic mass is 16.5. The topological polar surface area (TPSA) is 146 Å². The van der Waals surface area contributed by atoms with Crippen LogP contribution in [0.15, 0.2) is 72.8 Å². The zero-order chi connectivity index (χ0) is 27.1. The molecule has 2 aliphatic rings. The molecule has 2 heterocycles. The number of hydrazine groups is 2. The van der Waals surface area contributed by atoms with Crippen molar-refractivity contribution in [3.63, 3.8) is 0 Å². The van der Waals surface area contributed by atoms with E-state index in [1.165, 1.54) is 24.3 Å². The summed E-state index contributed by atoms with van der Waals surface area (Å²) in [6.07, 6.45) is -0.914. The van der Waals surface area contributed by atoms with Crippen LogP contribution in [0.2, 0.25) is 0 Å². The number of esters is 2. The van der Waals surface area contributed by atoms with Crippen molar-refractivity contribution in [1.29, 1.82) is 0 Å². The number of nitrogens with one attached hydrogen (secondary N) is 1. The van der Waals surface area contributed by atoms with Gasteiger partial charge < -0.3 is 19.7 Å². The van der Waals surface area contributed by atoms with Crippen LogP contribution in [0.25, 0.3) is 0 Å². The van der Waals surface area contributed by atoms with Gasteiger partial charge in [0.1, 0.15) is 0 Å². The van der Waals surface area contributed by atoms with Crippen LogP contribution in [0, 0.1) is 0 Å². The van der Waals surface area contributed by atoms with Crippen molar-refractivity contribution < 1.29 is 38.9 Å². The monoisotopic (exact) mass is 507 g/mol. The van der Waals surface area contributed by atoms with Gasteiger partial charge in [0.15, 0.2) is 11.2 Å². The van der Waals surface area contributed by atoms with Gasteiger partial charge >= 0.3 is 11.9 Å². The van der Waals surface area contributed by atoms with E-state index in [1.54, 1.807) is 24.3 Å². The number of aliphatic hydroxyl groups is 2. The van der Waals surface area contributed by atoms with Crippen molar-refractivity contribution >= 4 is 35.1 Å². The van der Waals surface area contributed by atoms with Gasteiger partial charge in [-0.25, -0.2) is 19.6 Å². The standard InChI is InChI=1S/C26H25N3O8/c1-15(21(30)36-3)13-25(34)17-9-5-7-11-19(17)28(23(25)32)27-29-20-12-8-6-10-18(20)26(35,24(29)33)14-16(2)22(31)37-4/h5-12,27,34-35H,1-2,13-14H2,3-4H3. The van der Waals surface area contributed by atoms with Crippen LogP contribution in [0.1, 0.15) is 24.0 Å². The van der Waals surface area contributed by atoms with Gasteiger partial charge in [0.05, 0.1) is 25.6 Å². The summed E-state index contributed by atoms with van der Waals surface area (Å²) in [6.45, 7) is 7.22. The van der Waals surface area contributed by atoms with Crippen molar-refractivity contribution in [2.75, 3.05) is 24.2 Å². The molecule has 11 heteroatoms. The number of anilines is 2. The number of carbonyl (C=O) groups excluding carboxylic acids is 4. The Morgan fingerprint density at radius 2 is 1.14 bits per heavy atom. The Hall–Kier alpha value is -4.32. The van der Waals surface area contributed by atoms with E-state index in [1.807, 2.05) is 0 Å². The number of carbonyl (C=O) groups is 4. The predicted octanol–water partition coefficient (Wildman–Crippen LogP) is 1.11. The normalized spacial score (nSPS) is 21.9. The Morgan fingerprint density at radius 1 is 0.784 bits per heavy atom. The van der Waals surface area contributed by atoms with Crippen molar-refractivity contribution in [2.45, 2.75) is 24.0 Å². The fourth-order valence-electron chi connectivity index (χ4n) is 4.55. The molecule has 0 bridgehead atoms. The Kier molecular flexibility index (Phi) is 6.46. The molecule has 0 aromatic heterocycles. The first-order chi connectivity index (χ1) is 17.5. The van der Waals surface area contributed by atoms with Crippen LogP contribution >= 0.6 is 0 Å². The average molecular weight is 507 g/mol. The molecule has 0 aliphatic carbocycles. The second-order valence-corrected chi connectivity index (χ2v) is 8.68. The number of fused-ring (bicyclic) bond motifs is 2. The van der Waals surface area contributed by atoms with Crippen LogP contribution < -0.4 is 15.6 Å². The summed E-state index contributed by atoms with van der Waals surface area (Å²) in [7, 11) is 2.31. The van der Waals surface area contributed by atoms with E-state index in [2.05, 4.69) is 28.2 Å². The lowest BCUT2D eigenvalue weighted by Crippen LogP contribution is -2.57. The third kappa shape index (κ3) is 3.99. The van der Waals surface area contributed by atoms with E-state index in [0.717, 1.165) is 24.2 Å². The summed E-state index contributed by atoms with van der Waals surface area (Å²) in [5, 5.41) is 24.8. The molecule has 0 fully saturated rings. The third-order valence-electron chi connectivity index (χ3n) is 6.38. The van der Waals surface area contributed by atoms with Crippen LogP contribution in [0.4, 0.5) is 11.4 Å². The van der Waals surface area contributed by atoms with Gasteiger partial charge in [-0.3, -0.25) is 9.59 Å². The summed E-state index contributed by atoms with van der Waals surface area (Å²) < 4.78 is 9.29. The van der Waals surface area contributed by atoms with E-state index in [0.29, 0.717) is 0 Å². The van der Waals surface area contributed by atoms with E-state index >= 15 is 0 Å². The van der Waals surface area contributed by atoms with Crippen LogP contribution in [0.3, 0.4) is 0 Å². The van der Waals surface area contributed by atoms with Crippen molar-refractivity contribution in [3.05, 3.63) is 84.0 Å². The van der Waals surface area contributed by atoms with Crippen LogP contribution in [-0.4, -0.2) is 48.2 Å². The Balaban J connectivity index is 1.71. The maximum atomic E-state index is 13.5. The lowest BCUT2D eigenvalue weighted by Gasteiger charge is -2.29. The maximum Gasteiger partial charge on any atom is 0.333 e. The zero-order valence-corrected chi connectivity index (χ0v) is 20.2. The fraction of sp³-hybridized carbons (Fsp3) is 0.231. The third-order valence-corrected chi connectivity index (χ3v) is 6.38. The van der Waals surface area contributed by atoms with Gasteiger partial charge in [-0.1, -0.05) is 49.6 Å². The first-order valence-electron chi connectivity index (χ1n) is 11.1. The first kappa shape index (κ1) is 25.8. The molecule has 0 radical (unpaired) electrons. The lowest BCUT2D eigenvalue weighted by molar-refractivity contribution is -0.140. The highest BCUT2D eigenvalue weighted by Gasteiger charge is 2.55. The smallest absolute Gasteiger partial charge is 0.333 e. The van der Waals surface area contributed by atoms with Gasteiger partial charge in [0.2, 0.25) is 0 Å². The molecule has 2 aromatic carbocycles. The quantitative estimate of drug-likeness (QED) is 0.353. The SMILES string of the molecule is C=C(CC1(O)C(=O)N(NN2C(=O)C(O)(CC(=C)C(=O)OC)c3ccccc32)c2ccccc21)C(=O)OC. The molecule has 3 N–H and O–H groups in total. The molecule has 0 saturated carbocycles. The zero-order valence-electron chi connectivity index (χ0n) is 20.2. The molecule has 192 valence electrons. The van der Waals surface area contributed by atoms with Gasteiger partial charge in [-0.15, -0.1) is 5.53 Å². The second kappa shape index (κ2) is 9.28. The molecular weight excluding hydrogens is 482 g/mol. The molecule has 2 atom stereocenters. The van der Waals surface area contributed by atoms with Gasteiger partial charge in [0.25, 0.3) is 11.8 Å². The average Bonchev–Trinajstić information content (AvgIpc) is 3.23. The predicted molar refractivity (Wildman–Crippen MR) is 130 cm³/mol. The van der Waals surface area contributed by atoms with Gasteiger partial charge in [-0.05, 0) is 12.1 Å². The van der Waals surface area contributed by atoms with Crippen molar-refractivity contribution in [2.24, 2.45) is 0 Å². The number of amides is 2.